The minimum Gasteiger partial charge on any atom is -0.448 e. The fourth-order valence-corrected chi connectivity index (χ4v) is 1.74. The van der Waals surface area contributed by atoms with Gasteiger partial charge in [0, 0.05) is 30.4 Å². The molecule has 0 unspecified atom stereocenters. The van der Waals surface area contributed by atoms with Crippen molar-refractivity contribution in [2.45, 2.75) is 13.8 Å². The Morgan fingerprint density at radius 2 is 2.21 bits per heavy atom. The van der Waals surface area contributed by atoms with Gasteiger partial charge in [0.2, 0.25) is 0 Å². The zero-order valence-electron chi connectivity index (χ0n) is 11.5. The molecule has 0 saturated carbocycles. The first kappa shape index (κ1) is 15.3. The first-order valence-corrected chi connectivity index (χ1v) is 6.30. The fourth-order valence-electron chi connectivity index (χ4n) is 1.57. The normalized spacial score (nSPS) is 11.1. The highest BCUT2D eigenvalue weighted by Crippen LogP contribution is 2.21. The number of carbonyl (C=O) groups is 1. The molecule has 0 aliphatic rings. The van der Waals surface area contributed by atoms with Crippen molar-refractivity contribution in [1.82, 2.24) is 5.01 Å². The van der Waals surface area contributed by atoms with Gasteiger partial charge in [0.05, 0.1) is 12.3 Å². The monoisotopic (exact) mass is 283 g/mol. The van der Waals surface area contributed by atoms with Crippen molar-refractivity contribution in [2.75, 3.05) is 26.0 Å². The van der Waals surface area contributed by atoms with Gasteiger partial charge in [-0.05, 0) is 32.0 Å². The third-order valence-corrected chi connectivity index (χ3v) is 2.71. The van der Waals surface area contributed by atoms with Gasteiger partial charge in [-0.25, -0.2) is 9.80 Å². The number of ether oxygens (including phenoxy) is 1. The Hall–Kier alpha value is -1.75. The first-order valence-electron chi connectivity index (χ1n) is 5.93. The molecule has 1 N–H and O–H groups in total. The highest BCUT2D eigenvalue weighted by Gasteiger charge is 2.11. The van der Waals surface area contributed by atoms with Crippen molar-refractivity contribution in [3.63, 3.8) is 0 Å². The average molecular weight is 284 g/mol. The predicted molar refractivity (Wildman–Crippen MR) is 78.0 cm³/mol. The number of benzene rings is 1. The summed E-state index contributed by atoms with van der Waals surface area (Å²) < 4.78 is 4.86. The van der Waals surface area contributed by atoms with Crippen LogP contribution in [-0.2, 0) is 4.74 Å². The smallest absolute Gasteiger partial charge is 0.430 e. The van der Waals surface area contributed by atoms with Crippen molar-refractivity contribution >= 4 is 29.1 Å². The number of anilines is 1. The zero-order valence-corrected chi connectivity index (χ0v) is 12.3. The second-order valence-corrected chi connectivity index (χ2v) is 4.28. The van der Waals surface area contributed by atoms with Crippen LogP contribution in [0.4, 0.5) is 10.5 Å². The summed E-state index contributed by atoms with van der Waals surface area (Å²) >= 11 is 5.98. The molecule has 1 rings (SSSR count). The van der Waals surface area contributed by atoms with Crippen LogP contribution in [0.1, 0.15) is 19.4 Å². The number of nitrogens with one attached hydrogen (secondary N) is 1. The number of hydrogen-bond acceptors (Lipinski definition) is 4. The lowest BCUT2D eigenvalue weighted by atomic mass is 10.1. The topological polar surface area (TPSA) is 53.9 Å². The molecule has 104 valence electrons. The van der Waals surface area contributed by atoms with Gasteiger partial charge in [-0.15, -0.1) is 0 Å². The lowest BCUT2D eigenvalue weighted by Crippen LogP contribution is -2.23. The molecule has 0 atom stereocenters. The lowest BCUT2D eigenvalue weighted by molar-refractivity contribution is 0.117. The number of hydrogen-bond donors (Lipinski definition) is 1. The quantitative estimate of drug-likeness (QED) is 0.682. The molecular formula is C13H18ClN3O2. The van der Waals surface area contributed by atoms with E-state index in [1.165, 1.54) is 5.01 Å². The number of carbonyl (C=O) groups excluding carboxylic acids is 1. The van der Waals surface area contributed by atoms with Crippen molar-refractivity contribution < 1.29 is 9.53 Å². The van der Waals surface area contributed by atoms with E-state index in [-0.39, 0.29) is 0 Å². The molecule has 6 heteroatoms. The second-order valence-electron chi connectivity index (χ2n) is 3.85. The van der Waals surface area contributed by atoms with Crippen LogP contribution >= 0.6 is 11.6 Å². The van der Waals surface area contributed by atoms with Gasteiger partial charge in [0.25, 0.3) is 0 Å². The van der Waals surface area contributed by atoms with Gasteiger partial charge in [-0.1, -0.05) is 11.6 Å². The Labute approximate surface area is 118 Å². The Balaban J connectivity index is 3.01. The molecule has 5 nitrogen and oxygen atoms in total. The first-order chi connectivity index (χ1) is 8.99. The Morgan fingerprint density at radius 1 is 1.53 bits per heavy atom. The zero-order chi connectivity index (χ0) is 14.4. The highest BCUT2D eigenvalue weighted by molar-refractivity contribution is 6.31. The number of nitrogens with zero attached hydrogens (tertiary/aromatic N) is 2. The summed E-state index contributed by atoms with van der Waals surface area (Å²) in [6.45, 7) is 3.87. The molecule has 0 spiro atoms. The molecule has 0 aliphatic carbocycles. The number of hydrazone groups is 1. The van der Waals surface area contributed by atoms with Gasteiger partial charge >= 0.3 is 6.09 Å². The molecule has 0 saturated heterocycles. The van der Waals surface area contributed by atoms with Crippen LogP contribution in [0.3, 0.4) is 0 Å². The van der Waals surface area contributed by atoms with Gasteiger partial charge in [-0.3, -0.25) is 0 Å². The molecule has 1 aromatic rings. The third-order valence-electron chi connectivity index (χ3n) is 2.47. The number of rotatable bonds is 4. The van der Waals surface area contributed by atoms with Crippen molar-refractivity contribution in [3.8, 4) is 0 Å². The van der Waals surface area contributed by atoms with Crippen LogP contribution in [0.5, 0.6) is 0 Å². The van der Waals surface area contributed by atoms with E-state index in [1.54, 1.807) is 26.1 Å². The van der Waals surface area contributed by atoms with Gasteiger partial charge in [0.1, 0.15) is 0 Å². The van der Waals surface area contributed by atoms with E-state index in [9.17, 15) is 4.79 Å². The van der Waals surface area contributed by atoms with E-state index < -0.39 is 6.09 Å². The molecular weight excluding hydrogens is 266 g/mol. The fraction of sp³-hybridized carbons (Fsp3) is 0.385. The summed E-state index contributed by atoms with van der Waals surface area (Å²) in [6, 6.07) is 5.45. The Morgan fingerprint density at radius 3 is 2.79 bits per heavy atom. The maximum absolute atomic E-state index is 11.5. The second kappa shape index (κ2) is 6.99. The minimum atomic E-state index is -0.491. The molecule has 0 radical (unpaired) electrons. The molecule has 0 aromatic heterocycles. The summed E-state index contributed by atoms with van der Waals surface area (Å²) in [5.74, 6) is 0. The predicted octanol–water partition coefficient (Wildman–Crippen LogP) is 3.19. The highest BCUT2D eigenvalue weighted by atomic mass is 35.5. The summed E-state index contributed by atoms with van der Waals surface area (Å²) in [5, 5.41) is 9.03. The van der Waals surface area contributed by atoms with E-state index in [2.05, 4.69) is 10.4 Å². The third kappa shape index (κ3) is 4.13. The number of amides is 1. The average Bonchev–Trinajstić information content (AvgIpc) is 2.38. The molecule has 19 heavy (non-hydrogen) atoms. The van der Waals surface area contributed by atoms with Crippen LogP contribution in [0.2, 0.25) is 5.02 Å². The van der Waals surface area contributed by atoms with Crippen LogP contribution < -0.4 is 5.32 Å². The SMILES string of the molecule is CCOC(=O)N(C)/N=C(/C)c1cc(Cl)ccc1NC. The van der Waals surface area contributed by atoms with Crippen LogP contribution in [0, 0.1) is 0 Å². The molecule has 0 heterocycles. The summed E-state index contributed by atoms with van der Waals surface area (Å²) in [4.78, 5) is 11.5. The number of halogens is 1. The van der Waals surface area contributed by atoms with E-state index >= 15 is 0 Å². The van der Waals surface area contributed by atoms with Gasteiger partial charge in [0.15, 0.2) is 0 Å². The van der Waals surface area contributed by atoms with E-state index in [4.69, 9.17) is 16.3 Å². The van der Waals surface area contributed by atoms with E-state index in [0.717, 1.165) is 11.3 Å². The van der Waals surface area contributed by atoms with Crippen molar-refractivity contribution in [2.24, 2.45) is 5.10 Å². The van der Waals surface area contributed by atoms with E-state index in [0.29, 0.717) is 17.3 Å². The maximum Gasteiger partial charge on any atom is 0.430 e. The molecule has 1 amide bonds. The summed E-state index contributed by atoms with van der Waals surface area (Å²) in [7, 11) is 3.36. The van der Waals surface area contributed by atoms with Gasteiger partial charge < -0.3 is 10.1 Å². The molecule has 0 aliphatic heterocycles. The van der Waals surface area contributed by atoms with Crippen molar-refractivity contribution in [1.29, 1.82) is 0 Å². The summed E-state index contributed by atoms with van der Waals surface area (Å²) in [6.07, 6.45) is -0.491. The van der Waals surface area contributed by atoms with Crippen LogP contribution in [0.25, 0.3) is 0 Å². The molecule has 1 aromatic carbocycles. The standard InChI is InChI=1S/C13H18ClN3O2/c1-5-19-13(18)17(4)16-9(2)11-8-10(14)6-7-12(11)15-3/h6-8,15H,5H2,1-4H3/b16-9-. The maximum atomic E-state index is 11.5. The van der Waals surface area contributed by atoms with Crippen LogP contribution in [-0.4, -0.2) is 37.5 Å². The largest absolute Gasteiger partial charge is 0.448 e. The van der Waals surface area contributed by atoms with Crippen LogP contribution in [0.15, 0.2) is 23.3 Å². The lowest BCUT2D eigenvalue weighted by Gasteiger charge is -2.14. The Bertz CT molecular complexity index is 489. The minimum absolute atomic E-state index is 0.316. The Kier molecular flexibility index (Phi) is 5.63. The van der Waals surface area contributed by atoms with Gasteiger partial charge in [-0.2, -0.15) is 5.10 Å². The molecule has 0 bridgehead atoms. The van der Waals surface area contributed by atoms with E-state index in [1.807, 2.05) is 20.0 Å². The van der Waals surface area contributed by atoms with Crippen molar-refractivity contribution in [3.05, 3.63) is 28.8 Å². The summed E-state index contributed by atoms with van der Waals surface area (Å²) in [5.41, 5.74) is 2.40. The molecule has 0 fully saturated rings.